The predicted molar refractivity (Wildman–Crippen MR) is 81.2 cm³/mol. The van der Waals surface area contributed by atoms with Gasteiger partial charge in [0.15, 0.2) is 0 Å². The van der Waals surface area contributed by atoms with Crippen molar-refractivity contribution < 1.29 is 9.66 Å². The van der Waals surface area contributed by atoms with Crippen LogP contribution in [0.25, 0.3) is 0 Å². The van der Waals surface area contributed by atoms with Gasteiger partial charge in [0.2, 0.25) is 0 Å². The molecule has 7 heteroatoms. The van der Waals surface area contributed by atoms with E-state index in [1.165, 1.54) is 18.3 Å². The van der Waals surface area contributed by atoms with Crippen LogP contribution in [0.2, 0.25) is 10.2 Å². The maximum atomic E-state index is 11.0. The van der Waals surface area contributed by atoms with Crippen molar-refractivity contribution >= 4 is 28.9 Å². The smallest absolute Gasteiger partial charge is 0.276 e. The molecule has 0 N–H and O–H groups in total. The number of nitro benzene ring substituents is 1. The number of aryl methyl sites for hydroxylation is 2. The minimum Gasteiger partial charge on any atom is -0.488 e. The van der Waals surface area contributed by atoms with Crippen LogP contribution in [0.15, 0.2) is 24.4 Å². The van der Waals surface area contributed by atoms with Gasteiger partial charge in [0.05, 0.1) is 16.0 Å². The Balaban J connectivity index is 2.23. The summed E-state index contributed by atoms with van der Waals surface area (Å²) in [7, 11) is 0. The van der Waals surface area contributed by atoms with Crippen LogP contribution in [-0.2, 0) is 6.61 Å². The van der Waals surface area contributed by atoms with E-state index in [2.05, 4.69) is 4.98 Å². The molecule has 0 aliphatic heterocycles. The molecule has 110 valence electrons. The summed E-state index contributed by atoms with van der Waals surface area (Å²) in [4.78, 5) is 14.5. The van der Waals surface area contributed by atoms with E-state index < -0.39 is 4.92 Å². The Bertz CT molecular complexity index is 705. The maximum Gasteiger partial charge on any atom is 0.276 e. The van der Waals surface area contributed by atoms with Crippen LogP contribution in [0, 0.1) is 24.0 Å². The third kappa shape index (κ3) is 3.62. The molecule has 1 heterocycles. The molecular formula is C14H12Cl2N2O3. The van der Waals surface area contributed by atoms with Crippen molar-refractivity contribution in [3.63, 3.8) is 0 Å². The predicted octanol–water partition coefficient (Wildman–Crippen LogP) is 4.49. The van der Waals surface area contributed by atoms with E-state index in [9.17, 15) is 10.1 Å². The number of aromatic nitrogens is 1. The Morgan fingerprint density at radius 1 is 1.24 bits per heavy atom. The van der Waals surface area contributed by atoms with Gasteiger partial charge in [-0.1, -0.05) is 23.2 Å². The standard InChI is InChI=1S/C14H12Cl2N2O3/c1-8-3-9(2)13(5-12(8)18(19)20)21-7-10-6-17-14(16)4-11(10)15/h3-6H,7H2,1-2H3. The van der Waals surface area contributed by atoms with Crippen molar-refractivity contribution in [2.45, 2.75) is 20.5 Å². The number of benzene rings is 1. The third-order valence-electron chi connectivity index (χ3n) is 2.97. The second-order valence-electron chi connectivity index (χ2n) is 4.55. The average Bonchev–Trinajstić information content (AvgIpc) is 2.39. The SMILES string of the molecule is Cc1cc(C)c([N+](=O)[O-])cc1OCc1cnc(Cl)cc1Cl. The van der Waals surface area contributed by atoms with Gasteiger partial charge in [0, 0.05) is 17.3 Å². The van der Waals surface area contributed by atoms with Crippen molar-refractivity contribution in [1.29, 1.82) is 0 Å². The monoisotopic (exact) mass is 326 g/mol. The van der Waals surface area contributed by atoms with Gasteiger partial charge in [-0.25, -0.2) is 4.98 Å². The van der Waals surface area contributed by atoms with Crippen LogP contribution in [0.4, 0.5) is 5.69 Å². The quantitative estimate of drug-likeness (QED) is 0.471. The van der Waals surface area contributed by atoms with Crippen molar-refractivity contribution in [3.05, 3.63) is 61.4 Å². The minimum atomic E-state index is -0.432. The van der Waals surface area contributed by atoms with Crippen LogP contribution < -0.4 is 4.74 Å². The van der Waals surface area contributed by atoms with E-state index in [1.54, 1.807) is 13.0 Å². The van der Waals surface area contributed by atoms with Gasteiger partial charge in [-0.3, -0.25) is 10.1 Å². The number of hydrogen-bond acceptors (Lipinski definition) is 4. The van der Waals surface area contributed by atoms with E-state index in [-0.39, 0.29) is 12.3 Å². The molecule has 0 unspecified atom stereocenters. The fourth-order valence-electron chi connectivity index (χ4n) is 1.87. The van der Waals surface area contributed by atoms with E-state index in [0.717, 1.165) is 5.56 Å². The molecule has 0 amide bonds. The molecule has 2 aromatic rings. The highest BCUT2D eigenvalue weighted by Crippen LogP contribution is 2.29. The van der Waals surface area contributed by atoms with E-state index in [4.69, 9.17) is 27.9 Å². The second-order valence-corrected chi connectivity index (χ2v) is 5.34. The average molecular weight is 327 g/mol. The molecule has 0 bridgehead atoms. The largest absolute Gasteiger partial charge is 0.488 e. The van der Waals surface area contributed by atoms with Crippen molar-refractivity contribution in [3.8, 4) is 5.75 Å². The molecular weight excluding hydrogens is 315 g/mol. The lowest BCUT2D eigenvalue weighted by atomic mass is 10.1. The first-order valence-corrected chi connectivity index (χ1v) is 6.82. The van der Waals surface area contributed by atoms with Gasteiger partial charge < -0.3 is 4.74 Å². The number of nitro groups is 1. The molecule has 0 aliphatic rings. The molecule has 0 aliphatic carbocycles. The number of rotatable bonds is 4. The second kappa shape index (κ2) is 6.28. The number of nitrogens with zero attached hydrogens (tertiary/aromatic N) is 2. The molecule has 21 heavy (non-hydrogen) atoms. The van der Waals surface area contributed by atoms with E-state index in [0.29, 0.717) is 27.1 Å². The van der Waals surface area contributed by atoms with Crippen molar-refractivity contribution in [2.24, 2.45) is 0 Å². The summed E-state index contributed by atoms with van der Waals surface area (Å²) >= 11 is 11.8. The molecule has 0 radical (unpaired) electrons. The lowest BCUT2D eigenvalue weighted by molar-refractivity contribution is -0.385. The van der Waals surface area contributed by atoms with Gasteiger partial charge >= 0.3 is 0 Å². The summed E-state index contributed by atoms with van der Waals surface area (Å²) in [5, 5.41) is 11.7. The highest BCUT2D eigenvalue weighted by atomic mass is 35.5. The summed E-state index contributed by atoms with van der Waals surface area (Å²) in [6.45, 7) is 3.67. The highest BCUT2D eigenvalue weighted by molar-refractivity contribution is 6.34. The topological polar surface area (TPSA) is 65.3 Å². The van der Waals surface area contributed by atoms with Crippen LogP contribution in [0.3, 0.4) is 0 Å². The summed E-state index contributed by atoms with van der Waals surface area (Å²) in [6.07, 6.45) is 1.52. The first-order chi connectivity index (χ1) is 9.88. The molecule has 2 rings (SSSR count). The van der Waals surface area contributed by atoms with Gasteiger partial charge in [0.25, 0.3) is 5.69 Å². The van der Waals surface area contributed by atoms with Crippen molar-refractivity contribution in [2.75, 3.05) is 0 Å². The Morgan fingerprint density at radius 2 is 1.95 bits per heavy atom. The van der Waals surface area contributed by atoms with Crippen LogP contribution in [0.1, 0.15) is 16.7 Å². The van der Waals surface area contributed by atoms with Crippen LogP contribution in [-0.4, -0.2) is 9.91 Å². The molecule has 0 atom stereocenters. The molecule has 5 nitrogen and oxygen atoms in total. The fraction of sp³-hybridized carbons (Fsp3) is 0.214. The van der Waals surface area contributed by atoms with Crippen molar-refractivity contribution in [1.82, 2.24) is 4.98 Å². The first kappa shape index (κ1) is 15.5. The molecule has 0 saturated heterocycles. The zero-order valence-corrected chi connectivity index (χ0v) is 12.9. The Morgan fingerprint density at radius 3 is 2.57 bits per heavy atom. The zero-order valence-electron chi connectivity index (χ0n) is 11.4. The van der Waals surface area contributed by atoms with Gasteiger partial charge in [-0.05, 0) is 31.5 Å². The molecule has 1 aromatic carbocycles. The number of pyridine rings is 1. The zero-order chi connectivity index (χ0) is 15.6. The first-order valence-electron chi connectivity index (χ1n) is 6.07. The van der Waals surface area contributed by atoms with E-state index >= 15 is 0 Å². The molecule has 0 fully saturated rings. The summed E-state index contributed by atoms with van der Waals surface area (Å²) < 4.78 is 5.62. The summed E-state index contributed by atoms with van der Waals surface area (Å²) in [6, 6.07) is 4.66. The highest BCUT2D eigenvalue weighted by Gasteiger charge is 2.15. The number of halogens is 2. The lowest BCUT2D eigenvalue weighted by Gasteiger charge is -2.11. The molecule has 1 aromatic heterocycles. The van der Waals surface area contributed by atoms with Gasteiger partial charge in [-0.15, -0.1) is 0 Å². The summed E-state index contributed by atoms with van der Waals surface area (Å²) in [5.41, 5.74) is 2.09. The molecule has 0 spiro atoms. The minimum absolute atomic E-state index is 0.0240. The van der Waals surface area contributed by atoms with Crippen LogP contribution in [0.5, 0.6) is 5.75 Å². The fourth-order valence-corrected chi connectivity index (χ4v) is 2.29. The Kier molecular flexibility index (Phi) is 4.65. The Labute approximate surface area is 131 Å². The van der Waals surface area contributed by atoms with Crippen LogP contribution >= 0.6 is 23.2 Å². The maximum absolute atomic E-state index is 11.0. The lowest BCUT2D eigenvalue weighted by Crippen LogP contribution is -2.01. The van der Waals surface area contributed by atoms with E-state index in [1.807, 2.05) is 6.92 Å². The Hall–Kier alpha value is -1.85. The third-order valence-corrected chi connectivity index (χ3v) is 3.53. The molecule has 0 saturated carbocycles. The normalized spacial score (nSPS) is 10.5. The van der Waals surface area contributed by atoms with Gasteiger partial charge in [-0.2, -0.15) is 0 Å². The number of hydrogen-bond donors (Lipinski definition) is 0. The van der Waals surface area contributed by atoms with Gasteiger partial charge in [0.1, 0.15) is 17.5 Å². The summed E-state index contributed by atoms with van der Waals surface area (Å²) in [5.74, 6) is 0.443. The number of ether oxygens (including phenoxy) is 1.